The average molecular weight is 452 g/mol. The third kappa shape index (κ3) is 5.12. The van der Waals surface area contributed by atoms with Crippen molar-refractivity contribution in [3.05, 3.63) is 54.1 Å². The van der Waals surface area contributed by atoms with E-state index in [1.54, 1.807) is 6.07 Å². The first-order valence-corrected chi connectivity index (χ1v) is 11.6. The Hall–Kier alpha value is -3.10. The number of anilines is 2. The molecule has 2 aromatic carbocycles. The van der Waals surface area contributed by atoms with Crippen LogP contribution in [0.2, 0.25) is 0 Å². The second-order valence-electron chi connectivity index (χ2n) is 9.05. The number of amides is 3. The standard InChI is InChI=1S/C25H29N3O5/c29-14-22-24-20(11-18(32-22)12-23(30)26-13-15-6-7-15)19-10-17(8-9-21(19)33-24)28-25(31)27-16-4-2-1-3-5-16/h1-5,8-10,15,18,20,22,24,29H,6-7,11-14H2,(H,26,30)(H2,27,28,31)/t18-,20+,22-,24-/m0/s1. The summed E-state index contributed by atoms with van der Waals surface area (Å²) in [4.78, 5) is 24.8. The smallest absolute Gasteiger partial charge is 0.323 e. The van der Waals surface area contributed by atoms with E-state index in [9.17, 15) is 14.7 Å². The summed E-state index contributed by atoms with van der Waals surface area (Å²) in [6, 6.07) is 14.4. The minimum absolute atomic E-state index is 0.0193. The summed E-state index contributed by atoms with van der Waals surface area (Å²) in [7, 11) is 0. The fourth-order valence-electron chi connectivity index (χ4n) is 4.64. The number of nitrogens with one attached hydrogen (secondary N) is 3. The number of carbonyl (C=O) groups excluding carboxylic acids is 2. The zero-order valence-electron chi connectivity index (χ0n) is 18.3. The Balaban J connectivity index is 1.25. The van der Waals surface area contributed by atoms with Gasteiger partial charge < -0.3 is 30.5 Å². The fraction of sp³-hybridized carbons (Fsp3) is 0.440. The highest BCUT2D eigenvalue weighted by molar-refractivity contribution is 5.99. The second-order valence-corrected chi connectivity index (χ2v) is 9.05. The summed E-state index contributed by atoms with van der Waals surface area (Å²) >= 11 is 0. The molecule has 8 nitrogen and oxygen atoms in total. The summed E-state index contributed by atoms with van der Waals surface area (Å²) < 4.78 is 12.1. The summed E-state index contributed by atoms with van der Waals surface area (Å²) in [5.74, 6) is 1.30. The molecule has 33 heavy (non-hydrogen) atoms. The van der Waals surface area contributed by atoms with Crippen molar-refractivity contribution in [1.29, 1.82) is 0 Å². The van der Waals surface area contributed by atoms with Crippen molar-refractivity contribution in [2.75, 3.05) is 23.8 Å². The van der Waals surface area contributed by atoms with Gasteiger partial charge >= 0.3 is 6.03 Å². The van der Waals surface area contributed by atoms with Crippen LogP contribution in [0.3, 0.4) is 0 Å². The van der Waals surface area contributed by atoms with E-state index in [2.05, 4.69) is 16.0 Å². The zero-order valence-corrected chi connectivity index (χ0v) is 18.3. The van der Waals surface area contributed by atoms with Gasteiger partial charge in [0.05, 0.1) is 19.1 Å². The predicted molar refractivity (Wildman–Crippen MR) is 123 cm³/mol. The van der Waals surface area contributed by atoms with Gasteiger partial charge in [-0.1, -0.05) is 18.2 Å². The molecule has 1 saturated carbocycles. The lowest BCUT2D eigenvalue weighted by atomic mass is 9.84. The Bertz CT molecular complexity index is 1010. The molecule has 8 heteroatoms. The molecule has 174 valence electrons. The lowest BCUT2D eigenvalue weighted by Crippen LogP contribution is -2.47. The molecule has 1 saturated heterocycles. The van der Waals surface area contributed by atoms with Crippen molar-refractivity contribution >= 4 is 23.3 Å². The molecule has 0 spiro atoms. The monoisotopic (exact) mass is 451 g/mol. The molecule has 2 fully saturated rings. The van der Waals surface area contributed by atoms with Gasteiger partial charge in [0.2, 0.25) is 5.91 Å². The summed E-state index contributed by atoms with van der Waals surface area (Å²) in [5, 5.41) is 18.6. The molecule has 0 unspecified atom stereocenters. The zero-order chi connectivity index (χ0) is 22.8. The minimum atomic E-state index is -0.504. The summed E-state index contributed by atoms with van der Waals surface area (Å²) in [5.41, 5.74) is 2.32. The fourth-order valence-corrected chi connectivity index (χ4v) is 4.64. The van der Waals surface area contributed by atoms with Crippen LogP contribution in [0.1, 0.15) is 37.2 Å². The lowest BCUT2D eigenvalue weighted by Gasteiger charge is -2.37. The normalized spacial score (nSPS) is 25.4. The van der Waals surface area contributed by atoms with Crippen molar-refractivity contribution in [3.8, 4) is 5.75 Å². The van der Waals surface area contributed by atoms with Crippen LogP contribution in [0.25, 0.3) is 0 Å². The number of benzene rings is 2. The van der Waals surface area contributed by atoms with Gasteiger partial charge in [0.1, 0.15) is 18.0 Å². The number of rotatable bonds is 7. The van der Waals surface area contributed by atoms with Crippen LogP contribution < -0.4 is 20.7 Å². The minimum Gasteiger partial charge on any atom is -0.487 e. The number of urea groups is 1. The van der Waals surface area contributed by atoms with E-state index in [1.165, 1.54) is 12.8 Å². The number of fused-ring (bicyclic) bond motifs is 3. The molecule has 3 amide bonds. The number of para-hydroxylation sites is 1. The highest BCUT2D eigenvalue weighted by atomic mass is 16.6. The van der Waals surface area contributed by atoms with Crippen molar-refractivity contribution in [2.24, 2.45) is 5.92 Å². The third-order valence-electron chi connectivity index (χ3n) is 6.49. The number of carbonyl (C=O) groups is 2. The number of hydrogen-bond acceptors (Lipinski definition) is 5. The molecule has 1 aliphatic carbocycles. The number of ether oxygens (including phenoxy) is 2. The van der Waals surface area contributed by atoms with E-state index in [0.717, 1.165) is 17.9 Å². The second kappa shape index (κ2) is 9.41. The van der Waals surface area contributed by atoms with Gasteiger partial charge in [-0.2, -0.15) is 0 Å². The molecular weight excluding hydrogens is 422 g/mol. The first kappa shape index (κ1) is 21.7. The Labute approximate surface area is 192 Å². The van der Waals surface area contributed by atoms with E-state index >= 15 is 0 Å². The summed E-state index contributed by atoms with van der Waals surface area (Å²) in [6.07, 6.45) is 2.13. The topological polar surface area (TPSA) is 109 Å². The highest BCUT2D eigenvalue weighted by Crippen LogP contribution is 2.47. The maximum atomic E-state index is 12.4. The molecule has 2 aromatic rings. The van der Waals surface area contributed by atoms with Crippen molar-refractivity contribution in [3.63, 3.8) is 0 Å². The van der Waals surface area contributed by atoms with E-state index in [4.69, 9.17) is 9.47 Å². The lowest BCUT2D eigenvalue weighted by molar-refractivity contribution is -0.142. The van der Waals surface area contributed by atoms with Crippen LogP contribution in [0, 0.1) is 5.92 Å². The van der Waals surface area contributed by atoms with E-state index in [-0.39, 0.29) is 43.1 Å². The maximum Gasteiger partial charge on any atom is 0.323 e. The van der Waals surface area contributed by atoms with Gasteiger partial charge in [-0.15, -0.1) is 0 Å². The molecule has 5 rings (SSSR count). The van der Waals surface area contributed by atoms with E-state index < -0.39 is 6.10 Å². The molecule has 0 radical (unpaired) electrons. The molecule has 3 aliphatic rings. The van der Waals surface area contributed by atoms with Crippen LogP contribution in [0.4, 0.5) is 16.2 Å². The number of hydrogen-bond donors (Lipinski definition) is 4. The maximum absolute atomic E-state index is 12.4. The molecule has 2 aliphatic heterocycles. The largest absolute Gasteiger partial charge is 0.487 e. The van der Waals surface area contributed by atoms with Crippen LogP contribution in [0.15, 0.2) is 48.5 Å². The first-order valence-electron chi connectivity index (χ1n) is 11.6. The van der Waals surface area contributed by atoms with Crippen molar-refractivity contribution in [1.82, 2.24) is 5.32 Å². The Morgan fingerprint density at radius 3 is 2.58 bits per heavy atom. The molecule has 0 bridgehead atoms. The summed E-state index contributed by atoms with van der Waals surface area (Å²) in [6.45, 7) is 0.549. The van der Waals surface area contributed by atoms with Crippen molar-refractivity contribution in [2.45, 2.75) is 49.9 Å². The Morgan fingerprint density at radius 2 is 1.82 bits per heavy atom. The van der Waals surface area contributed by atoms with Gasteiger partial charge in [-0.3, -0.25) is 4.79 Å². The molecule has 0 aromatic heterocycles. The van der Waals surface area contributed by atoms with Gasteiger partial charge in [-0.25, -0.2) is 4.79 Å². The van der Waals surface area contributed by atoms with Crippen LogP contribution in [-0.2, 0) is 9.53 Å². The van der Waals surface area contributed by atoms with Crippen LogP contribution >= 0.6 is 0 Å². The Kier molecular flexibility index (Phi) is 6.20. The predicted octanol–water partition coefficient (Wildman–Crippen LogP) is 3.24. The molecule has 2 heterocycles. The van der Waals surface area contributed by atoms with Gasteiger partial charge in [0, 0.05) is 29.4 Å². The van der Waals surface area contributed by atoms with Crippen LogP contribution in [-0.4, -0.2) is 48.5 Å². The number of aliphatic hydroxyl groups excluding tert-OH is 1. The van der Waals surface area contributed by atoms with Gasteiger partial charge in [0.25, 0.3) is 0 Å². The first-order chi connectivity index (χ1) is 16.1. The van der Waals surface area contributed by atoms with Crippen LogP contribution in [0.5, 0.6) is 5.75 Å². The van der Waals surface area contributed by atoms with Crippen molar-refractivity contribution < 1.29 is 24.2 Å². The molecule has 4 atom stereocenters. The average Bonchev–Trinajstić information content (AvgIpc) is 3.58. The SMILES string of the molecule is O=C(C[C@@H]1C[C@@H]2c3cc(NC(=O)Nc4ccccc4)ccc3O[C@@H]2[C@H](CO)O1)NCC1CC1. The van der Waals surface area contributed by atoms with Gasteiger partial charge in [0.15, 0.2) is 0 Å². The highest BCUT2D eigenvalue weighted by Gasteiger charge is 2.46. The van der Waals surface area contributed by atoms with E-state index in [1.807, 2.05) is 42.5 Å². The quantitative estimate of drug-likeness (QED) is 0.517. The molecular formula is C25H29N3O5. The third-order valence-corrected chi connectivity index (χ3v) is 6.49. The Morgan fingerprint density at radius 1 is 1.03 bits per heavy atom. The number of aliphatic hydroxyl groups is 1. The molecule has 4 N–H and O–H groups in total. The van der Waals surface area contributed by atoms with Gasteiger partial charge in [-0.05, 0) is 55.5 Å². The van der Waals surface area contributed by atoms with E-state index in [0.29, 0.717) is 23.7 Å².